The number of nitrogens with zero attached hydrogens (tertiary/aromatic N) is 3. The van der Waals surface area contributed by atoms with Gasteiger partial charge >= 0.3 is 5.97 Å². The van der Waals surface area contributed by atoms with E-state index in [1.165, 1.54) is 0 Å². The van der Waals surface area contributed by atoms with Crippen LogP contribution in [-0.4, -0.2) is 102 Å². The van der Waals surface area contributed by atoms with Crippen molar-refractivity contribution in [3.8, 4) is 10.4 Å². The van der Waals surface area contributed by atoms with Crippen molar-refractivity contribution in [2.24, 2.45) is 10.6 Å². The summed E-state index contributed by atoms with van der Waals surface area (Å²) >= 11 is 1.59. The molecule has 3 amide bonds. The number of carbonyl (C=O) groups excluding carboxylic acids is 3. The summed E-state index contributed by atoms with van der Waals surface area (Å²) in [6.07, 6.45) is 1.27. The molecule has 1 aromatic carbocycles. The first-order chi connectivity index (χ1) is 22.4. The van der Waals surface area contributed by atoms with Crippen LogP contribution in [0, 0.1) is 17.2 Å². The van der Waals surface area contributed by atoms with Gasteiger partial charge in [0, 0.05) is 13.1 Å². The van der Waals surface area contributed by atoms with Crippen LogP contribution in [0.3, 0.4) is 0 Å². The molecule has 1 aromatic heterocycles. The van der Waals surface area contributed by atoms with E-state index in [-0.39, 0.29) is 44.8 Å². The number of hydrogen-bond donors (Lipinski definition) is 4. The molecule has 3 rings (SSSR count). The first-order valence-corrected chi connectivity index (χ1v) is 16.4. The Hall–Kier alpha value is -3.79. The Morgan fingerprint density at radius 1 is 1.11 bits per heavy atom. The van der Waals surface area contributed by atoms with E-state index in [0.717, 1.165) is 21.7 Å². The molecule has 0 radical (unpaired) electrons. The summed E-state index contributed by atoms with van der Waals surface area (Å²) in [5.41, 5.74) is 4.28. The van der Waals surface area contributed by atoms with E-state index in [9.17, 15) is 19.3 Å². The summed E-state index contributed by atoms with van der Waals surface area (Å²) in [5.74, 6) is -2.11. The van der Waals surface area contributed by atoms with Gasteiger partial charge in [0.25, 0.3) is 0 Å². The number of likely N-dealkylation sites (tertiary alicyclic amines) is 1. The fraction of sp³-hybridized carbons (Fsp3) is 0.594. The number of ether oxygens (including phenoxy) is 2. The molecule has 0 bridgehead atoms. The zero-order valence-corrected chi connectivity index (χ0v) is 28.9. The number of carboxylic acids is 1. The summed E-state index contributed by atoms with van der Waals surface area (Å²) in [7, 11) is 0. The topological polar surface area (TPSA) is 197 Å². The minimum Gasteiger partial charge on any atom is -0.480 e. The average molecular weight is 680 g/mol. The van der Waals surface area contributed by atoms with E-state index in [0.29, 0.717) is 25.9 Å². The number of aryl methyl sites for hydroxylation is 1. The molecular formula is C32H49N5O9S. The largest absolute Gasteiger partial charge is 0.480 e. The van der Waals surface area contributed by atoms with Gasteiger partial charge in [0.15, 0.2) is 0 Å². The Balaban J connectivity index is 0.00000144. The first kappa shape index (κ1) is 41.2. The van der Waals surface area contributed by atoms with Crippen molar-refractivity contribution < 1.29 is 38.9 Å². The number of aliphatic carboxylic acids is 1. The zero-order chi connectivity index (χ0) is 35.4. The third-order valence-electron chi connectivity index (χ3n) is 6.75. The van der Waals surface area contributed by atoms with Gasteiger partial charge in [0.05, 0.1) is 35.9 Å². The van der Waals surface area contributed by atoms with E-state index in [1.54, 1.807) is 16.2 Å². The molecule has 1 aliphatic heterocycles. The number of aliphatic hydroxyl groups excluding tert-OH is 1. The molecule has 262 valence electrons. The molecule has 0 saturated carbocycles. The van der Waals surface area contributed by atoms with Crippen LogP contribution in [0.2, 0.25) is 0 Å². The van der Waals surface area contributed by atoms with Gasteiger partial charge in [-0.2, -0.15) is 4.91 Å². The molecule has 1 saturated heterocycles. The molecule has 0 spiro atoms. The van der Waals surface area contributed by atoms with Crippen LogP contribution in [0.5, 0.6) is 0 Å². The summed E-state index contributed by atoms with van der Waals surface area (Å²) in [6.45, 7) is 12.0. The summed E-state index contributed by atoms with van der Waals surface area (Å²) in [5, 5.41) is 23.5. The monoisotopic (exact) mass is 679 g/mol. The standard InChI is InChI=1S/C28H39N5O6S.C2H4O3.C2H6/c1-19-24(40-18-30-19)21-9-7-20(8-10-21)16-29-26(35)22-6-5-12-33(22)27(36)25(28(2,3)4)32-23(34)17-39-15-14-38-13-11-31-37;3-1-2(4)5;1-2/h7-10,18,22,25H,5-6,11-17H2,1-4H3,(H,29,35)(H,32,34);3H,1H2,(H,4,5);1-2H3. The third kappa shape index (κ3) is 14.7. The number of carbonyl (C=O) groups is 4. The summed E-state index contributed by atoms with van der Waals surface area (Å²) in [6, 6.07) is 6.58. The number of thiazole rings is 1. The normalized spacial score (nSPS) is 14.5. The predicted molar refractivity (Wildman–Crippen MR) is 179 cm³/mol. The number of amides is 3. The van der Waals surface area contributed by atoms with E-state index >= 15 is 0 Å². The number of nitrogens with one attached hydrogen (secondary N) is 2. The minimum atomic E-state index is -1.19. The van der Waals surface area contributed by atoms with Crippen molar-refractivity contribution in [1.29, 1.82) is 0 Å². The van der Waals surface area contributed by atoms with Crippen LogP contribution in [0.25, 0.3) is 10.4 Å². The molecule has 2 atom stereocenters. The molecule has 2 heterocycles. The predicted octanol–water partition coefficient (Wildman–Crippen LogP) is 3.15. The van der Waals surface area contributed by atoms with Crippen LogP contribution >= 0.6 is 11.3 Å². The maximum absolute atomic E-state index is 13.6. The molecule has 4 N–H and O–H groups in total. The van der Waals surface area contributed by atoms with E-state index in [1.807, 2.05) is 71.3 Å². The van der Waals surface area contributed by atoms with Crippen LogP contribution in [0.15, 0.2) is 35.0 Å². The van der Waals surface area contributed by atoms with Crippen molar-refractivity contribution in [2.45, 2.75) is 73.0 Å². The smallest absolute Gasteiger partial charge is 0.329 e. The highest BCUT2D eigenvalue weighted by molar-refractivity contribution is 7.13. The molecule has 1 aliphatic rings. The Labute approximate surface area is 280 Å². The molecule has 14 nitrogen and oxygen atoms in total. The van der Waals surface area contributed by atoms with Crippen molar-refractivity contribution in [3.63, 3.8) is 0 Å². The fourth-order valence-electron chi connectivity index (χ4n) is 4.47. The number of hydrogen-bond acceptors (Lipinski definition) is 11. The van der Waals surface area contributed by atoms with Crippen LogP contribution < -0.4 is 10.6 Å². The number of aromatic nitrogens is 1. The van der Waals surface area contributed by atoms with Crippen LogP contribution in [0.1, 0.15) is 58.7 Å². The lowest BCUT2D eigenvalue weighted by Crippen LogP contribution is -2.58. The Kier molecular flexibility index (Phi) is 19.2. The van der Waals surface area contributed by atoms with E-state index in [4.69, 9.17) is 24.5 Å². The lowest BCUT2D eigenvalue weighted by Gasteiger charge is -2.35. The SMILES string of the molecule is CC.Cc1ncsc1-c1ccc(CNC(=O)C2CCCN2C(=O)C(NC(=O)COCCOCCN=O)C(C)(C)C)cc1.O=C(O)CO. The minimum absolute atomic E-state index is 0.0618. The van der Waals surface area contributed by atoms with Gasteiger partial charge < -0.3 is 35.2 Å². The van der Waals surface area contributed by atoms with Gasteiger partial charge in [-0.1, -0.05) is 64.1 Å². The molecule has 1 fully saturated rings. The fourth-order valence-corrected chi connectivity index (χ4v) is 5.28. The van der Waals surface area contributed by atoms with Crippen molar-refractivity contribution in [3.05, 3.63) is 45.9 Å². The van der Waals surface area contributed by atoms with Gasteiger partial charge in [0.1, 0.15) is 31.8 Å². The Morgan fingerprint density at radius 2 is 1.74 bits per heavy atom. The number of rotatable bonds is 15. The second kappa shape index (κ2) is 21.9. The van der Waals surface area contributed by atoms with Crippen molar-refractivity contribution in [1.82, 2.24) is 20.5 Å². The average Bonchev–Trinajstić information content (AvgIpc) is 3.72. The van der Waals surface area contributed by atoms with Crippen molar-refractivity contribution >= 4 is 35.0 Å². The van der Waals surface area contributed by atoms with Gasteiger partial charge in [-0.05, 0) is 36.3 Å². The maximum Gasteiger partial charge on any atom is 0.329 e. The number of benzene rings is 1. The highest BCUT2D eigenvalue weighted by Gasteiger charge is 2.41. The molecule has 47 heavy (non-hydrogen) atoms. The second-order valence-corrected chi connectivity index (χ2v) is 12.2. The van der Waals surface area contributed by atoms with Crippen molar-refractivity contribution in [2.75, 3.05) is 46.1 Å². The first-order valence-electron chi connectivity index (χ1n) is 15.5. The maximum atomic E-state index is 13.6. The van der Waals surface area contributed by atoms with Gasteiger partial charge in [-0.3, -0.25) is 14.4 Å². The van der Waals surface area contributed by atoms with Crippen LogP contribution in [0.4, 0.5) is 0 Å². The summed E-state index contributed by atoms with van der Waals surface area (Å²) in [4.78, 5) is 65.5. The van der Waals surface area contributed by atoms with Crippen LogP contribution in [-0.2, 0) is 35.2 Å². The highest BCUT2D eigenvalue weighted by atomic mass is 32.1. The lowest BCUT2D eigenvalue weighted by molar-refractivity contribution is -0.144. The highest BCUT2D eigenvalue weighted by Crippen LogP contribution is 2.28. The molecule has 0 aliphatic carbocycles. The van der Waals surface area contributed by atoms with Gasteiger partial charge in [-0.25, -0.2) is 9.78 Å². The zero-order valence-electron chi connectivity index (χ0n) is 28.1. The van der Waals surface area contributed by atoms with Gasteiger partial charge in [-0.15, -0.1) is 11.3 Å². The molecule has 2 aromatic rings. The second-order valence-electron chi connectivity index (χ2n) is 11.3. The van der Waals surface area contributed by atoms with E-state index < -0.39 is 36.0 Å². The lowest BCUT2D eigenvalue weighted by atomic mass is 9.85. The molecular weight excluding hydrogens is 630 g/mol. The molecule has 2 unspecified atom stereocenters. The Bertz CT molecular complexity index is 1260. The number of aliphatic hydroxyl groups is 1. The summed E-state index contributed by atoms with van der Waals surface area (Å²) < 4.78 is 10.5. The quantitative estimate of drug-likeness (QED) is 0.160. The number of nitroso groups, excluding NO2 is 1. The van der Waals surface area contributed by atoms with Gasteiger partial charge in [0.2, 0.25) is 17.7 Å². The Morgan fingerprint density at radius 3 is 2.30 bits per heavy atom. The number of carboxylic acid groups (broad SMARTS) is 1. The molecule has 15 heteroatoms. The van der Waals surface area contributed by atoms with E-state index in [2.05, 4.69) is 20.8 Å². The third-order valence-corrected chi connectivity index (χ3v) is 7.73.